The van der Waals surface area contributed by atoms with Crippen molar-refractivity contribution in [2.24, 2.45) is 40.4 Å². The molecule has 7 unspecified atom stereocenters. The zero-order chi connectivity index (χ0) is 24.9. The Hall–Kier alpha value is -1.56. The zero-order valence-electron chi connectivity index (χ0n) is 23.1. The Balaban J connectivity index is 0.00000158. The number of hydrogen-bond donors (Lipinski definition) is 0. The average molecular weight is 466 g/mol. The monoisotopic (exact) mass is 465 g/mol. The van der Waals surface area contributed by atoms with Crippen molar-refractivity contribution in [2.45, 2.75) is 119 Å². The van der Waals surface area contributed by atoms with Gasteiger partial charge in [-0.25, -0.2) is 0 Å². The molecule has 0 amide bonds. The molecule has 0 N–H and O–H groups in total. The number of fused-ring (bicyclic) bond motifs is 3. The van der Waals surface area contributed by atoms with E-state index in [9.17, 15) is 0 Å². The van der Waals surface area contributed by atoms with E-state index < -0.39 is 0 Å². The van der Waals surface area contributed by atoms with Crippen LogP contribution in [-0.4, -0.2) is 9.78 Å². The molecule has 3 fully saturated rings. The molecular formula is C31H51N3. The lowest BCUT2D eigenvalue weighted by molar-refractivity contribution is -0.0710. The van der Waals surface area contributed by atoms with Gasteiger partial charge >= 0.3 is 0 Å². The fraction of sp³-hybridized carbons (Fsp3) is 0.806. The summed E-state index contributed by atoms with van der Waals surface area (Å²) in [6, 6.07) is 2.20. The van der Waals surface area contributed by atoms with Crippen molar-refractivity contribution in [1.82, 2.24) is 9.78 Å². The van der Waals surface area contributed by atoms with E-state index in [1.165, 1.54) is 70.6 Å². The number of aromatic nitrogens is 2. The maximum absolute atomic E-state index is 9.10. The van der Waals surface area contributed by atoms with E-state index in [2.05, 4.69) is 38.9 Å². The molecule has 0 aromatic carbocycles. The van der Waals surface area contributed by atoms with Crippen LogP contribution in [-0.2, 0) is 6.54 Å². The topological polar surface area (TPSA) is 41.6 Å². The van der Waals surface area contributed by atoms with Crippen LogP contribution >= 0.6 is 0 Å². The molecule has 190 valence electrons. The van der Waals surface area contributed by atoms with E-state index in [0.717, 1.165) is 36.1 Å². The first-order valence-corrected chi connectivity index (χ1v) is 14.5. The first-order chi connectivity index (χ1) is 16.4. The second kappa shape index (κ2) is 11.5. The van der Waals surface area contributed by atoms with Crippen molar-refractivity contribution in [2.75, 3.05) is 0 Å². The van der Waals surface area contributed by atoms with Gasteiger partial charge in [0.2, 0.25) is 0 Å². The lowest BCUT2D eigenvalue weighted by atomic mass is 9.44. The van der Waals surface area contributed by atoms with Crippen LogP contribution in [0, 0.1) is 51.8 Å². The molecule has 7 atom stereocenters. The number of nitriles is 1. The number of hydrogen-bond acceptors (Lipinski definition) is 2. The van der Waals surface area contributed by atoms with E-state index in [1.807, 2.05) is 24.7 Å². The highest BCUT2D eigenvalue weighted by Gasteiger charge is 2.60. The fourth-order valence-electron chi connectivity index (χ4n) is 8.88. The fourth-order valence-corrected chi connectivity index (χ4v) is 8.88. The number of aryl methyl sites for hydroxylation is 1. The van der Waals surface area contributed by atoms with E-state index in [4.69, 9.17) is 11.8 Å². The molecule has 0 saturated heterocycles. The average Bonchev–Trinajstić information content (AvgIpc) is 3.42. The number of allylic oxidation sites excluding steroid dienone is 1. The third-order valence-corrected chi connectivity index (χ3v) is 10.3. The standard InChI is InChI=1S/C29H45N3.C2H6/c1-6-8-9-23-10-12-25-26-13-11-24(14-16-32-20-22(18-30)19-31-32)29(26,5)17-21(3)27(25)28(23,4)15-7-2;1-2/h19-20,23-27H,3,6-17H2,1-2,4-5H3;1-2H3. The Morgan fingerprint density at radius 2 is 1.82 bits per heavy atom. The molecule has 3 saturated carbocycles. The van der Waals surface area contributed by atoms with Crippen molar-refractivity contribution in [3.8, 4) is 6.07 Å². The quantitative estimate of drug-likeness (QED) is 0.360. The lowest BCUT2D eigenvalue weighted by Gasteiger charge is -2.60. The number of nitrogens with zero attached hydrogens (tertiary/aromatic N) is 3. The third-order valence-electron chi connectivity index (χ3n) is 10.3. The summed E-state index contributed by atoms with van der Waals surface area (Å²) in [6.07, 6.45) is 18.4. The lowest BCUT2D eigenvalue weighted by Crippen LogP contribution is -2.52. The van der Waals surface area contributed by atoms with Crippen molar-refractivity contribution >= 4 is 0 Å². The molecule has 1 heterocycles. The van der Waals surface area contributed by atoms with Gasteiger partial charge in [0.1, 0.15) is 6.07 Å². The van der Waals surface area contributed by atoms with Gasteiger partial charge in [-0.15, -0.1) is 0 Å². The summed E-state index contributed by atoms with van der Waals surface area (Å²) in [5.41, 5.74) is 3.10. The first kappa shape index (κ1) is 27.0. The van der Waals surface area contributed by atoms with E-state index >= 15 is 0 Å². The number of rotatable bonds is 8. The smallest absolute Gasteiger partial charge is 0.102 e. The van der Waals surface area contributed by atoms with Crippen molar-refractivity contribution in [3.05, 3.63) is 30.1 Å². The van der Waals surface area contributed by atoms with Gasteiger partial charge < -0.3 is 0 Å². The SMILES string of the molecule is C=C1CC2(C)C(CCn3cc(C#N)cn3)CCC2C2CCC(CCCC)C(C)(CCC)C12.CC. The van der Waals surface area contributed by atoms with E-state index in [1.54, 1.807) is 11.8 Å². The molecule has 3 aliphatic rings. The van der Waals surface area contributed by atoms with Gasteiger partial charge in [0.25, 0.3) is 0 Å². The first-order valence-electron chi connectivity index (χ1n) is 14.5. The van der Waals surface area contributed by atoms with Crippen LogP contribution in [0.1, 0.15) is 118 Å². The molecule has 1 aromatic rings. The highest BCUT2D eigenvalue weighted by atomic mass is 15.3. The molecule has 0 spiro atoms. The number of unbranched alkanes of at least 4 members (excludes halogenated alkanes) is 1. The normalized spacial score (nSPS) is 36.7. The summed E-state index contributed by atoms with van der Waals surface area (Å²) in [6.45, 7) is 19.7. The molecule has 3 heteroatoms. The highest BCUT2D eigenvalue weighted by Crippen LogP contribution is 2.68. The van der Waals surface area contributed by atoms with Gasteiger partial charge in [0, 0.05) is 12.7 Å². The predicted molar refractivity (Wildman–Crippen MR) is 143 cm³/mol. The Bertz CT molecular complexity index is 847. The summed E-state index contributed by atoms with van der Waals surface area (Å²) in [5.74, 6) is 4.07. The van der Waals surface area contributed by atoms with E-state index in [0.29, 0.717) is 16.4 Å². The molecule has 3 aliphatic carbocycles. The van der Waals surface area contributed by atoms with Gasteiger partial charge in [-0.1, -0.05) is 73.0 Å². The van der Waals surface area contributed by atoms with Crippen LogP contribution in [0.2, 0.25) is 0 Å². The van der Waals surface area contributed by atoms with Crippen molar-refractivity contribution < 1.29 is 0 Å². The summed E-state index contributed by atoms with van der Waals surface area (Å²) < 4.78 is 1.98. The van der Waals surface area contributed by atoms with Crippen LogP contribution in [0.4, 0.5) is 0 Å². The predicted octanol–water partition coefficient (Wildman–Crippen LogP) is 8.80. The minimum atomic E-state index is 0.396. The Kier molecular flexibility index (Phi) is 9.10. The van der Waals surface area contributed by atoms with Crippen LogP contribution in [0.5, 0.6) is 0 Å². The van der Waals surface area contributed by atoms with Crippen LogP contribution in [0.25, 0.3) is 0 Å². The maximum Gasteiger partial charge on any atom is 0.102 e. The Labute approximate surface area is 210 Å². The molecule has 0 bridgehead atoms. The Morgan fingerprint density at radius 1 is 1.09 bits per heavy atom. The molecular weight excluding hydrogens is 414 g/mol. The van der Waals surface area contributed by atoms with Gasteiger partial charge in [-0.2, -0.15) is 10.4 Å². The van der Waals surface area contributed by atoms with Gasteiger partial charge in [-0.05, 0) is 91.8 Å². The summed E-state index contributed by atoms with van der Waals surface area (Å²) in [7, 11) is 0. The molecule has 34 heavy (non-hydrogen) atoms. The van der Waals surface area contributed by atoms with Gasteiger partial charge in [0.05, 0.1) is 11.8 Å². The summed E-state index contributed by atoms with van der Waals surface area (Å²) in [5, 5.41) is 13.5. The molecule has 1 aromatic heterocycles. The minimum Gasteiger partial charge on any atom is -0.271 e. The Morgan fingerprint density at radius 3 is 2.47 bits per heavy atom. The van der Waals surface area contributed by atoms with Crippen LogP contribution in [0.3, 0.4) is 0 Å². The van der Waals surface area contributed by atoms with Crippen molar-refractivity contribution in [1.29, 1.82) is 5.26 Å². The minimum absolute atomic E-state index is 0.396. The van der Waals surface area contributed by atoms with Gasteiger partial charge in [0.15, 0.2) is 0 Å². The third kappa shape index (κ3) is 4.89. The zero-order valence-corrected chi connectivity index (χ0v) is 23.1. The highest BCUT2D eigenvalue weighted by molar-refractivity contribution is 5.23. The largest absolute Gasteiger partial charge is 0.271 e. The molecule has 3 nitrogen and oxygen atoms in total. The van der Waals surface area contributed by atoms with Crippen LogP contribution < -0.4 is 0 Å². The molecule has 0 aliphatic heterocycles. The second-order valence-corrected chi connectivity index (χ2v) is 11.9. The van der Waals surface area contributed by atoms with Crippen LogP contribution in [0.15, 0.2) is 24.5 Å². The van der Waals surface area contributed by atoms with Gasteiger partial charge in [-0.3, -0.25) is 4.68 Å². The van der Waals surface area contributed by atoms with E-state index in [-0.39, 0.29) is 0 Å². The maximum atomic E-state index is 9.10. The molecule has 4 rings (SSSR count). The summed E-state index contributed by atoms with van der Waals surface area (Å²) >= 11 is 0. The summed E-state index contributed by atoms with van der Waals surface area (Å²) in [4.78, 5) is 0. The van der Waals surface area contributed by atoms with Crippen molar-refractivity contribution in [3.63, 3.8) is 0 Å². The second-order valence-electron chi connectivity index (χ2n) is 11.9. The molecule has 0 radical (unpaired) electrons.